The zero-order valence-electron chi connectivity index (χ0n) is 13.5. The van der Waals surface area contributed by atoms with Gasteiger partial charge >= 0.3 is 5.97 Å². The third-order valence-corrected chi connectivity index (χ3v) is 3.03. The minimum atomic E-state index is -0.447. The molecular formula is C17H27NO2. The fourth-order valence-electron chi connectivity index (χ4n) is 2.29. The SMILES string of the molecule is CC(C)C(C(=O)OC(C)(C)C)N(C)Cc1ccccc1. The summed E-state index contributed by atoms with van der Waals surface area (Å²) in [6.07, 6.45) is 0. The van der Waals surface area contributed by atoms with E-state index < -0.39 is 5.60 Å². The van der Waals surface area contributed by atoms with Crippen LogP contribution in [0.15, 0.2) is 30.3 Å². The van der Waals surface area contributed by atoms with Gasteiger partial charge in [-0.05, 0) is 39.3 Å². The van der Waals surface area contributed by atoms with Crippen molar-refractivity contribution in [2.24, 2.45) is 5.92 Å². The van der Waals surface area contributed by atoms with Crippen molar-refractivity contribution in [3.05, 3.63) is 35.9 Å². The van der Waals surface area contributed by atoms with E-state index in [-0.39, 0.29) is 17.9 Å². The van der Waals surface area contributed by atoms with Crippen LogP contribution in [0, 0.1) is 5.92 Å². The van der Waals surface area contributed by atoms with Crippen LogP contribution in [0.2, 0.25) is 0 Å². The average molecular weight is 277 g/mol. The summed E-state index contributed by atoms with van der Waals surface area (Å²) in [6, 6.07) is 9.94. The number of likely N-dealkylation sites (N-methyl/N-ethyl adjacent to an activating group) is 1. The lowest BCUT2D eigenvalue weighted by Crippen LogP contribution is -2.45. The van der Waals surface area contributed by atoms with E-state index >= 15 is 0 Å². The molecular weight excluding hydrogens is 250 g/mol. The fourth-order valence-corrected chi connectivity index (χ4v) is 2.29. The van der Waals surface area contributed by atoms with Gasteiger partial charge in [0.15, 0.2) is 0 Å². The molecule has 0 aliphatic rings. The molecule has 0 N–H and O–H groups in total. The zero-order chi connectivity index (χ0) is 15.3. The topological polar surface area (TPSA) is 29.5 Å². The van der Waals surface area contributed by atoms with Gasteiger partial charge in [-0.1, -0.05) is 44.2 Å². The van der Waals surface area contributed by atoms with Crippen LogP contribution in [0.3, 0.4) is 0 Å². The maximum atomic E-state index is 12.4. The van der Waals surface area contributed by atoms with Gasteiger partial charge in [0.25, 0.3) is 0 Å². The predicted molar refractivity (Wildman–Crippen MR) is 82.4 cm³/mol. The van der Waals surface area contributed by atoms with Gasteiger partial charge in [-0.15, -0.1) is 0 Å². The number of carbonyl (C=O) groups is 1. The molecule has 112 valence electrons. The van der Waals surface area contributed by atoms with E-state index in [1.807, 2.05) is 46.0 Å². The van der Waals surface area contributed by atoms with Crippen LogP contribution in [-0.2, 0) is 16.1 Å². The average Bonchev–Trinajstić information content (AvgIpc) is 2.26. The molecule has 0 amide bonds. The molecule has 3 heteroatoms. The summed E-state index contributed by atoms with van der Waals surface area (Å²) >= 11 is 0. The van der Waals surface area contributed by atoms with Crippen molar-refractivity contribution in [3.63, 3.8) is 0 Å². The first kappa shape index (κ1) is 16.7. The molecule has 0 bridgehead atoms. The van der Waals surface area contributed by atoms with Gasteiger partial charge in [0.1, 0.15) is 11.6 Å². The van der Waals surface area contributed by atoms with Gasteiger partial charge in [0.2, 0.25) is 0 Å². The molecule has 0 spiro atoms. The summed E-state index contributed by atoms with van der Waals surface area (Å²) in [5.41, 5.74) is 0.752. The molecule has 1 aromatic carbocycles. The molecule has 0 aliphatic carbocycles. The Morgan fingerprint density at radius 1 is 1.20 bits per heavy atom. The number of esters is 1. The van der Waals surface area contributed by atoms with Gasteiger partial charge in [-0.25, -0.2) is 0 Å². The van der Waals surface area contributed by atoms with E-state index in [9.17, 15) is 4.79 Å². The standard InChI is InChI=1S/C17H27NO2/c1-13(2)15(16(19)20-17(3,4)5)18(6)12-14-10-8-7-9-11-14/h7-11,13,15H,12H2,1-6H3. The first-order chi connectivity index (χ1) is 9.20. The molecule has 0 heterocycles. The van der Waals surface area contributed by atoms with Crippen molar-refractivity contribution in [1.82, 2.24) is 4.90 Å². The van der Waals surface area contributed by atoms with Gasteiger partial charge in [0.05, 0.1) is 0 Å². The van der Waals surface area contributed by atoms with Crippen LogP contribution in [0.1, 0.15) is 40.2 Å². The molecule has 0 saturated carbocycles. The Labute approximate surface area is 122 Å². The third kappa shape index (κ3) is 5.33. The molecule has 3 nitrogen and oxygen atoms in total. The number of nitrogens with zero attached hydrogens (tertiary/aromatic N) is 1. The minimum Gasteiger partial charge on any atom is -0.459 e. The lowest BCUT2D eigenvalue weighted by molar-refractivity contribution is -0.163. The van der Waals surface area contributed by atoms with Gasteiger partial charge in [-0.2, -0.15) is 0 Å². The Hall–Kier alpha value is -1.35. The van der Waals surface area contributed by atoms with Crippen molar-refractivity contribution < 1.29 is 9.53 Å². The Morgan fingerprint density at radius 2 is 1.75 bits per heavy atom. The van der Waals surface area contributed by atoms with Crippen molar-refractivity contribution in [2.75, 3.05) is 7.05 Å². The highest BCUT2D eigenvalue weighted by molar-refractivity contribution is 5.76. The predicted octanol–water partition coefficient (Wildman–Crippen LogP) is 3.48. The number of hydrogen-bond donors (Lipinski definition) is 0. The number of benzene rings is 1. The summed E-state index contributed by atoms with van der Waals surface area (Å²) in [5.74, 6) is 0.0597. The second-order valence-corrected chi connectivity index (χ2v) is 6.62. The molecule has 0 saturated heterocycles. The van der Waals surface area contributed by atoms with E-state index in [0.29, 0.717) is 0 Å². The van der Waals surface area contributed by atoms with Crippen molar-refractivity contribution >= 4 is 5.97 Å². The molecule has 20 heavy (non-hydrogen) atoms. The highest BCUT2D eigenvalue weighted by Gasteiger charge is 2.30. The van der Waals surface area contributed by atoms with Crippen LogP contribution in [0.4, 0.5) is 0 Å². The molecule has 0 aromatic heterocycles. The normalized spacial score (nSPS) is 13.6. The van der Waals surface area contributed by atoms with Gasteiger partial charge in [-0.3, -0.25) is 9.69 Å². The summed E-state index contributed by atoms with van der Waals surface area (Å²) in [6.45, 7) is 10.5. The highest BCUT2D eigenvalue weighted by atomic mass is 16.6. The monoisotopic (exact) mass is 277 g/mol. The number of hydrogen-bond acceptors (Lipinski definition) is 3. The van der Waals surface area contributed by atoms with Crippen LogP contribution >= 0.6 is 0 Å². The van der Waals surface area contributed by atoms with Crippen molar-refractivity contribution in [2.45, 2.75) is 52.8 Å². The minimum absolute atomic E-state index is 0.147. The molecule has 1 atom stereocenters. The number of ether oxygens (including phenoxy) is 1. The Balaban J connectivity index is 2.78. The highest BCUT2D eigenvalue weighted by Crippen LogP contribution is 2.18. The smallest absolute Gasteiger partial charge is 0.324 e. The van der Waals surface area contributed by atoms with Crippen LogP contribution in [-0.4, -0.2) is 29.6 Å². The van der Waals surface area contributed by atoms with Crippen molar-refractivity contribution in [3.8, 4) is 0 Å². The zero-order valence-corrected chi connectivity index (χ0v) is 13.5. The largest absolute Gasteiger partial charge is 0.459 e. The molecule has 1 aromatic rings. The Bertz CT molecular complexity index is 420. The van der Waals surface area contributed by atoms with E-state index in [2.05, 4.69) is 30.9 Å². The summed E-state index contributed by atoms with van der Waals surface area (Å²) in [5, 5.41) is 0. The van der Waals surface area contributed by atoms with Crippen molar-refractivity contribution in [1.29, 1.82) is 0 Å². The summed E-state index contributed by atoms with van der Waals surface area (Å²) in [4.78, 5) is 14.4. The lowest BCUT2D eigenvalue weighted by Gasteiger charge is -2.32. The lowest BCUT2D eigenvalue weighted by atomic mass is 10.0. The summed E-state index contributed by atoms with van der Waals surface area (Å²) < 4.78 is 5.54. The third-order valence-electron chi connectivity index (χ3n) is 3.03. The van der Waals surface area contributed by atoms with Gasteiger partial charge in [0, 0.05) is 6.54 Å². The molecule has 0 radical (unpaired) electrons. The van der Waals surface area contributed by atoms with E-state index in [1.165, 1.54) is 5.56 Å². The van der Waals surface area contributed by atoms with Crippen LogP contribution < -0.4 is 0 Å². The van der Waals surface area contributed by atoms with E-state index in [4.69, 9.17) is 4.74 Å². The molecule has 0 fully saturated rings. The van der Waals surface area contributed by atoms with E-state index in [1.54, 1.807) is 0 Å². The maximum absolute atomic E-state index is 12.4. The molecule has 0 aliphatic heterocycles. The number of carbonyl (C=O) groups excluding carboxylic acids is 1. The first-order valence-electron chi connectivity index (χ1n) is 7.17. The second-order valence-electron chi connectivity index (χ2n) is 6.62. The van der Waals surface area contributed by atoms with Crippen LogP contribution in [0.5, 0.6) is 0 Å². The first-order valence-corrected chi connectivity index (χ1v) is 7.17. The fraction of sp³-hybridized carbons (Fsp3) is 0.588. The Kier molecular flexibility index (Phi) is 5.75. The molecule has 1 unspecified atom stereocenters. The van der Waals surface area contributed by atoms with Crippen LogP contribution in [0.25, 0.3) is 0 Å². The molecule has 1 rings (SSSR count). The van der Waals surface area contributed by atoms with E-state index in [0.717, 1.165) is 6.54 Å². The van der Waals surface area contributed by atoms with Gasteiger partial charge < -0.3 is 4.74 Å². The number of rotatable bonds is 5. The summed E-state index contributed by atoms with van der Waals surface area (Å²) in [7, 11) is 1.97. The second kappa shape index (κ2) is 6.89. The quantitative estimate of drug-likeness (QED) is 0.772. The maximum Gasteiger partial charge on any atom is 0.324 e. The Morgan fingerprint density at radius 3 is 2.20 bits per heavy atom.